The maximum Gasteiger partial charge on any atom is 0.225 e. The van der Waals surface area contributed by atoms with Gasteiger partial charge in [-0.25, -0.2) is 9.97 Å². The Morgan fingerprint density at radius 1 is 1.29 bits per heavy atom. The van der Waals surface area contributed by atoms with Crippen LogP contribution in [0.5, 0.6) is 0 Å². The van der Waals surface area contributed by atoms with Crippen LogP contribution in [-0.4, -0.2) is 29.6 Å². The lowest BCUT2D eigenvalue weighted by molar-refractivity contribution is 0.419. The Morgan fingerprint density at radius 3 is 2.81 bits per heavy atom. The first-order valence-electron chi connectivity index (χ1n) is 7.62. The third-order valence-corrected chi connectivity index (χ3v) is 4.19. The zero-order valence-corrected chi connectivity index (χ0v) is 12.5. The topological polar surface area (TPSA) is 55.0 Å². The lowest BCUT2D eigenvalue weighted by Gasteiger charge is -2.32. The molecule has 3 rings (SSSR count). The molecule has 2 heterocycles. The molecular weight excluding hydrogens is 260 g/mol. The van der Waals surface area contributed by atoms with Crippen molar-refractivity contribution in [2.45, 2.75) is 19.8 Å². The van der Waals surface area contributed by atoms with Crippen molar-refractivity contribution in [1.82, 2.24) is 9.97 Å². The predicted octanol–water partition coefficient (Wildman–Crippen LogP) is 2.63. The molecule has 1 fully saturated rings. The van der Waals surface area contributed by atoms with Gasteiger partial charge in [-0.3, -0.25) is 0 Å². The summed E-state index contributed by atoms with van der Waals surface area (Å²) in [5.74, 6) is 1.40. The Hall–Kier alpha value is -1.94. The minimum absolute atomic E-state index is 0.566. The van der Waals surface area contributed by atoms with Gasteiger partial charge in [0.1, 0.15) is 0 Å². The Kier molecular flexibility index (Phi) is 4.15. The van der Waals surface area contributed by atoms with Crippen molar-refractivity contribution in [1.29, 1.82) is 0 Å². The van der Waals surface area contributed by atoms with Crippen LogP contribution in [0.2, 0.25) is 0 Å². The molecule has 0 spiro atoms. The van der Waals surface area contributed by atoms with E-state index in [0.717, 1.165) is 36.8 Å². The van der Waals surface area contributed by atoms with Gasteiger partial charge >= 0.3 is 0 Å². The smallest absolute Gasteiger partial charge is 0.225 e. The van der Waals surface area contributed by atoms with Crippen molar-refractivity contribution in [2.24, 2.45) is 11.7 Å². The quantitative estimate of drug-likeness (QED) is 0.940. The van der Waals surface area contributed by atoms with E-state index in [2.05, 4.69) is 28.9 Å². The molecule has 0 bridgehead atoms. The summed E-state index contributed by atoms with van der Waals surface area (Å²) in [5, 5.41) is 0. The average Bonchev–Trinajstić information content (AvgIpc) is 2.55. The number of benzene rings is 1. The van der Waals surface area contributed by atoms with Crippen LogP contribution in [-0.2, 0) is 0 Å². The summed E-state index contributed by atoms with van der Waals surface area (Å²) in [6.07, 6.45) is 4.33. The van der Waals surface area contributed by atoms with E-state index < -0.39 is 0 Å². The van der Waals surface area contributed by atoms with Gasteiger partial charge in [0.05, 0.1) is 5.69 Å². The van der Waals surface area contributed by atoms with E-state index in [4.69, 9.17) is 10.7 Å². The molecule has 1 aromatic carbocycles. The molecule has 0 aliphatic carbocycles. The fraction of sp³-hybridized carbons (Fsp3) is 0.412. The standard InChI is InChI=1S/C17H22N4/c1-13-16(15-7-3-2-4-8-15)11-19-17(20-13)21-9-5-6-14(10-18)12-21/h2-4,7-8,11,14H,5-6,9-10,12,18H2,1H3. The first-order chi connectivity index (χ1) is 10.3. The zero-order valence-electron chi connectivity index (χ0n) is 12.5. The van der Waals surface area contributed by atoms with Crippen molar-refractivity contribution in [3.8, 4) is 11.1 Å². The summed E-state index contributed by atoms with van der Waals surface area (Å²) in [6, 6.07) is 10.3. The Morgan fingerprint density at radius 2 is 2.10 bits per heavy atom. The summed E-state index contributed by atoms with van der Waals surface area (Å²) in [5.41, 5.74) is 9.11. The summed E-state index contributed by atoms with van der Waals surface area (Å²) >= 11 is 0. The van der Waals surface area contributed by atoms with Crippen molar-refractivity contribution < 1.29 is 0 Å². The molecule has 1 atom stereocenters. The van der Waals surface area contributed by atoms with Gasteiger partial charge in [0.2, 0.25) is 5.95 Å². The van der Waals surface area contributed by atoms with Crippen molar-refractivity contribution in [2.75, 3.05) is 24.5 Å². The minimum atomic E-state index is 0.566. The van der Waals surface area contributed by atoms with Gasteiger partial charge in [-0.15, -0.1) is 0 Å². The number of aryl methyl sites for hydroxylation is 1. The average molecular weight is 282 g/mol. The molecule has 2 N–H and O–H groups in total. The molecular formula is C17H22N4. The number of nitrogens with zero attached hydrogens (tertiary/aromatic N) is 3. The lowest BCUT2D eigenvalue weighted by Crippen LogP contribution is -2.39. The number of piperidine rings is 1. The molecule has 4 nitrogen and oxygen atoms in total. The molecule has 1 aromatic heterocycles. The highest BCUT2D eigenvalue weighted by Crippen LogP contribution is 2.24. The monoisotopic (exact) mass is 282 g/mol. The van der Waals surface area contributed by atoms with E-state index in [-0.39, 0.29) is 0 Å². The van der Waals surface area contributed by atoms with Crippen LogP contribution in [0.4, 0.5) is 5.95 Å². The van der Waals surface area contributed by atoms with Gasteiger partial charge in [0.15, 0.2) is 0 Å². The molecule has 1 unspecified atom stereocenters. The molecule has 1 saturated heterocycles. The van der Waals surface area contributed by atoms with Crippen LogP contribution in [0, 0.1) is 12.8 Å². The first kappa shape index (κ1) is 14.0. The normalized spacial score (nSPS) is 18.8. The summed E-state index contributed by atoms with van der Waals surface area (Å²) in [6.45, 7) is 4.80. The maximum atomic E-state index is 5.81. The van der Waals surface area contributed by atoms with E-state index in [1.807, 2.05) is 24.4 Å². The lowest BCUT2D eigenvalue weighted by atomic mass is 9.99. The van der Waals surface area contributed by atoms with Gasteiger partial charge in [-0.05, 0) is 37.8 Å². The van der Waals surface area contributed by atoms with E-state index >= 15 is 0 Å². The fourth-order valence-corrected chi connectivity index (χ4v) is 2.95. The van der Waals surface area contributed by atoms with E-state index in [0.29, 0.717) is 5.92 Å². The Bertz CT molecular complexity index is 597. The summed E-state index contributed by atoms with van der Waals surface area (Å²) in [7, 11) is 0. The fourth-order valence-electron chi connectivity index (χ4n) is 2.95. The second-order valence-electron chi connectivity index (χ2n) is 5.73. The van der Waals surface area contributed by atoms with Crippen LogP contribution in [0.3, 0.4) is 0 Å². The maximum absolute atomic E-state index is 5.81. The number of hydrogen-bond donors (Lipinski definition) is 1. The second-order valence-corrected chi connectivity index (χ2v) is 5.73. The highest BCUT2D eigenvalue weighted by atomic mass is 15.3. The second kappa shape index (κ2) is 6.22. The van der Waals surface area contributed by atoms with Gasteiger partial charge in [0.25, 0.3) is 0 Å². The SMILES string of the molecule is Cc1nc(N2CCCC(CN)C2)ncc1-c1ccccc1. The summed E-state index contributed by atoms with van der Waals surface area (Å²) < 4.78 is 0. The van der Waals surface area contributed by atoms with E-state index in [1.165, 1.54) is 18.4 Å². The van der Waals surface area contributed by atoms with Crippen LogP contribution < -0.4 is 10.6 Å². The number of anilines is 1. The van der Waals surface area contributed by atoms with Crippen LogP contribution in [0.25, 0.3) is 11.1 Å². The molecule has 1 aliphatic heterocycles. The third-order valence-electron chi connectivity index (χ3n) is 4.19. The molecule has 21 heavy (non-hydrogen) atoms. The molecule has 0 amide bonds. The van der Waals surface area contributed by atoms with E-state index in [1.54, 1.807) is 0 Å². The number of hydrogen-bond acceptors (Lipinski definition) is 4. The summed E-state index contributed by atoms with van der Waals surface area (Å²) in [4.78, 5) is 11.6. The molecule has 1 aliphatic rings. The van der Waals surface area contributed by atoms with E-state index in [9.17, 15) is 0 Å². The van der Waals surface area contributed by atoms with Crippen molar-refractivity contribution in [3.05, 3.63) is 42.2 Å². The Labute approximate surface area is 126 Å². The minimum Gasteiger partial charge on any atom is -0.340 e. The molecule has 110 valence electrons. The molecule has 0 saturated carbocycles. The molecule has 4 heteroatoms. The first-order valence-corrected chi connectivity index (χ1v) is 7.62. The number of aromatic nitrogens is 2. The van der Waals surface area contributed by atoms with Gasteiger partial charge in [0, 0.05) is 24.8 Å². The number of rotatable bonds is 3. The van der Waals surface area contributed by atoms with Crippen LogP contribution >= 0.6 is 0 Å². The van der Waals surface area contributed by atoms with Gasteiger partial charge in [-0.1, -0.05) is 30.3 Å². The highest BCUT2D eigenvalue weighted by Gasteiger charge is 2.21. The van der Waals surface area contributed by atoms with Crippen molar-refractivity contribution in [3.63, 3.8) is 0 Å². The highest BCUT2D eigenvalue weighted by molar-refractivity contribution is 5.65. The number of nitrogens with two attached hydrogens (primary N) is 1. The predicted molar refractivity (Wildman–Crippen MR) is 86.2 cm³/mol. The third kappa shape index (κ3) is 3.05. The van der Waals surface area contributed by atoms with Crippen molar-refractivity contribution >= 4 is 5.95 Å². The molecule has 0 radical (unpaired) electrons. The largest absolute Gasteiger partial charge is 0.340 e. The van der Waals surface area contributed by atoms with Crippen LogP contribution in [0.15, 0.2) is 36.5 Å². The van der Waals surface area contributed by atoms with Gasteiger partial charge in [-0.2, -0.15) is 0 Å². The van der Waals surface area contributed by atoms with Crippen LogP contribution in [0.1, 0.15) is 18.5 Å². The van der Waals surface area contributed by atoms with Gasteiger partial charge < -0.3 is 10.6 Å². The molecule has 2 aromatic rings. The Balaban J connectivity index is 1.84. The zero-order chi connectivity index (χ0) is 14.7.